The summed E-state index contributed by atoms with van der Waals surface area (Å²) in [6.07, 6.45) is 9.22. The molecule has 0 aliphatic heterocycles. The standard InChI is InChI=1S/C15H29NO2S/c1-11-6-7-13(10-16)15(8-11)12-4-3-5-14(9-12)19(2,17)18/h11-15H,3-10,16H2,1-2H3. The lowest BCUT2D eigenvalue weighted by Gasteiger charge is -2.42. The van der Waals surface area contributed by atoms with Gasteiger partial charge in [-0.2, -0.15) is 0 Å². The van der Waals surface area contributed by atoms with Gasteiger partial charge in [0.1, 0.15) is 9.84 Å². The van der Waals surface area contributed by atoms with Crippen LogP contribution in [0.1, 0.15) is 51.9 Å². The predicted octanol–water partition coefficient (Wildman–Crippen LogP) is 2.60. The number of sulfone groups is 1. The van der Waals surface area contributed by atoms with Crippen LogP contribution in [0.2, 0.25) is 0 Å². The number of hydrogen-bond donors (Lipinski definition) is 1. The van der Waals surface area contributed by atoms with Crippen molar-refractivity contribution in [3.63, 3.8) is 0 Å². The Morgan fingerprint density at radius 3 is 2.47 bits per heavy atom. The molecular formula is C15H29NO2S. The third kappa shape index (κ3) is 3.72. The molecule has 0 amide bonds. The summed E-state index contributed by atoms with van der Waals surface area (Å²) in [7, 11) is -2.87. The fourth-order valence-electron chi connectivity index (χ4n) is 4.32. The summed E-state index contributed by atoms with van der Waals surface area (Å²) >= 11 is 0. The van der Waals surface area contributed by atoms with Crippen molar-refractivity contribution in [1.82, 2.24) is 0 Å². The Morgan fingerprint density at radius 2 is 1.84 bits per heavy atom. The molecule has 2 saturated carbocycles. The van der Waals surface area contributed by atoms with Crippen LogP contribution in [0.4, 0.5) is 0 Å². The number of hydrogen-bond acceptors (Lipinski definition) is 3. The maximum absolute atomic E-state index is 11.8. The summed E-state index contributed by atoms with van der Waals surface area (Å²) < 4.78 is 23.6. The first-order valence-corrected chi connectivity index (χ1v) is 9.76. The molecular weight excluding hydrogens is 258 g/mol. The van der Waals surface area contributed by atoms with Crippen LogP contribution >= 0.6 is 0 Å². The molecule has 0 aromatic rings. The monoisotopic (exact) mass is 287 g/mol. The van der Waals surface area contributed by atoms with Crippen LogP contribution in [0.3, 0.4) is 0 Å². The smallest absolute Gasteiger partial charge is 0.150 e. The van der Waals surface area contributed by atoms with Crippen LogP contribution < -0.4 is 5.73 Å². The van der Waals surface area contributed by atoms with Gasteiger partial charge in [-0.3, -0.25) is 0 Å². The summed E-state index contributed by atoms with van der Waals surface area (Å²) in [6.45, 7) is 3.11. The Labute approximate surface area is 118 Å². The highest BCUT2D eigenvalue weighted by atomic mass is 32.2. The van der Waals surface area contributed by atoms with Gasteiger partial charge in [0.2, 0.25) is 0 Å². The highest BCUT2D eigenvalue weighted by Gasteiger charge is 2.38. The van der Waals surface area contributed by atoms with Crippen molar-refractivity contribution in [3.05, 3.63) is 0 Å². The van der Waals surface area contributed by atoms with Crippen LogP contribution in [0.5, 0.6) is 0 Å². The highest BCUT2D eigenvalue weighted by Crippen LogP contribution is 2.44. The average molecular weight is 287 g/mol. The molecule has 0 bridgehead atoms. The lowest BCUT2D eigenvalue weighted by Crippen LogP contribution is -2.38. The van der Waals surface area contributed by atoms with E-state index in [1.807, 2.05) is 0 Å². The Bertz CT molecular complexity index is 393. The van der Waals surface area contributed by atoms with E-state index in [0.29, 0.717) is 17.8 Å². The molecule has 2 aliphatic rings. The minimum absolute atomic E-state index is 0.0955. The van der Waals surface area contributed by atoms with E-state index in [4.69, 9.17) is 5.73 Å². The predicted molar refractivity (Wildman–Crippen MR) is 79.6 cm³/mol. The van der Waals surface area contributed by atoms with Crippen molar-refractivity contribution in [3.8, 4) is 0 Å². The molecule has 0 radical (unpaired) electrons. The first kappa shape index (κ1) is 15.3. The van der Waals surface area contributed by atoms with E-state index in [1.165, 1.54) is 31.9 Å². The minimum atomic E-state index is -2.87. The van der Waals surface area contributed by atoms with Crippen molar-refractivity contribution in [2.45, 2.75) is 57.1 Å². The van der Waals surface area contributed by atoms with Crippen molar-refractivity contribution in [2.24, 2.45) is 29.4 Å². The quantitative estimate of drug-likeness (QED) is 0.868. The first-order chi connectivity index (χ1) is 8.91. The van der Waals surface area contributed by atoms with Gasteiger partial charge in [-0.25, -0.2) is 8.42 Å². The lowest BCUT2D eigenvalue weighted by atomic mass is 9.65. The normalized spacial score (nSPS) is 41.1. The minimum Gasteiger partial charge on any atom is -0.330 e. The van der Waals surface area contributed by atoms with Crippen molar-refractivity contribution < 1.29 is 8.42 Å². The molecule has 3 nitrogen and oxygen atoms in total. The van der Waals surface area contributed by atoms with Crippen molar-refractivity contribution in [1.29, 1.82) is 0 Å². The third-order valence-electron chi connectivity index (χ3n) is 5.49. The molecule has 0 saturated heterocycles. The summed E-state index contributed by atoms with van der Waals surface area (Å²) in [5.74, 6) is 2.66. The van der Waals surface area contributed by atoms with Gasteiger partial charge in [0.15, 0.2) is 0 Å². The maximum atomic E-state index is 11.8. The van der Waals surface area contributed by atoms with E-state index >= 15 is 0 Å². The SMILES string of the molecule is CC1CCC(CN)C(C2CCCC(S(C)(=O)=O)C2)C1. The molecule has 2 rings (SSSR count). The summed E-state index contributed by atoms with van der Waals surface area (Å²) in [5, 5.41) is -0.0955. The molecule has 2 aliphatic carbocycles. The highest BCUT2D eigenvalue weighted by molar-refractivity contribution is 7.91. The fourth-order valence-corrected chi connectivity index (χ4v) is 5.51. The Balaban J connectivity index is 2.06. The zero-order valence-corrected chi connectivity index (χ0v) is 13.2. The van der Waals surface area contributed by atoms with Crippen molar-refractivity contribution in [2.75, 3.05) is 12.8 Å². The molecule has 0 aromatic heterocycles. The van der Waals surface area contributed by atoms with Gasteiger partial charge in [-0.05, 0) is 55.9 Å². The average Bonchev–Trinajstić information content (AvgIpc) is 2.38. The Morgan fingerprint density at radius 1 is 1.11 bits per heavy atom. The second kappa shape index (κ2) is 6.13. The number of rotatable bonds is 3. The molecule has 112 valence electrons. The van der Waals surface area contributed by atoms with Crippen LogP contribution in [-0.4, -0.2) is 26.5 Å². The second-order valence-electron chi connectivity index (χ2n) is 6.96. The molecule has 4 heteroatoms. The molecule has 0 aromatic carbocycles. The van der Waals surface area contributed by atoms with E-state index < -0.39 is 9.84 Å². The molecule has 19 heavy (non-hydrogen) atoms. The van der Waals surface area contributed by atoms with Gasteiger partial charge in [0.25, 0.3) is 0 Å². The van der Waals surface area contributed by atoms with Gasteiger partial charge in [0.05, 0.1) is 5.25 Å². The molecule has 2 N–H and O–H groups in total. The molecule has 0 heterocycles. The van der Waals surface area contributed by atoms with Crippen LogP contribution in [0.25, 0.3) is 0 Å². The van der Waals surface area contributed by atoms with Gasteiger partial charge in [0, 0.05) is 6.26 Å². The zero-order valence-electron chi connectivity index (χ0n) is 12.3. The van der Waals surface area contributed by atoms with Gasteiger partial charge in [-0.1, -0.05) is 26.2 Å². The topological polar surface area (TPSA) is 60.2 Å². The molecule has 0 spiro atoms. The number of nitrogens with two attached hydrogens (primary N) is 1. The lowest BCUT2D eigenvalue weighted by molar-refractivity contribution is 0.107. The molecule has 2 fully saturated rings. The van der Waals surface area contributed by atoms with E-state index in [-0.39, 0.29) is 5.25 Å². The third-order valence-corrected chi connectivity index (χ3v) is 7.13. The van der Waals surface area contributed by atoms with Gasteiger partial charge < -0.3 is 5.73 Å². The summed E-state index contributed by atoms with van der Waals surface area (Å²) in [4.78, 5) is 0. The fraction of sp³-hybridized carbons (Fsp3) is 1.00. The zero-order chi connectivity index (χ0) is 14.0. The van der Waals surface area contributed by atoms with Gasteiger partial charge in [-0.15, -0.1) is 0 Å². The van der Waals surface area contributed by atoms with E-state index in [0.717, 1.165) is 31.7 Å². The first-order valence-electron chi connectivity index (χ1n) is 7.80. The molecule has 5 atom stereocenters. The van der Waals surface area contributed by atoms with Crippen molar-refractivity contribution >= 4 is 9.84 Å². The van der Waals surface area contributed by atoms with E-state index in [1.54, 1.807) is 0 Å². The molecule has 5 unspecified atom stereocenters. The van der Waals surface area contributed by atoms with Gasteiger partial charge >= 0.3 is 0 Å². The van der Waals surface area contributed by atoms with Crippen LogP contribution in [0.15, 0.2) is 0 Å². The van der Waals surface area contributed by atoms with Crippen LogP contribution in [-0.2, 0) is 9.84 Å². The second-order valence-corrected chi connectivity index (χ2v) is 9.28. The van der Waals surface area contributed by atoms with E-state index in [9.17, 15) is 8.42 Å². The largest absolute Gasteiger partial charge is 0.330 e. The Kier molecular flexibility index (Phi) is 4.93. The maximum Gasteiger partial charge on any atom is 0.150 e. The summed E-state index contributed by atoms with van der Waals surface area (Å²) in [6, 6.07) is 0. The summed E-state index contributed by atoms with van der Waals surface area (Å²) in [5.41, 5.74) is 5.95. The van der Waals surface area contributed by atoms with E-state index in [2.05, 4.69) is 6.92 Å². The van der Waals surface area contributed by atoms with Crippen LogP contribution in [0, 0.1) is 23.7 Å². The Hall–Kier alpha value is -0.0900.